The third-order valence-electron chi connectivity index (χ3n) is 5.02. The van der Waals surface area contributed by atoms with Crippen LogP contribution in [0.4, 0.5) is 0 Å². The summed E-state index contributed by atoms with van der Waals surface area (Å²) < 4.78 is 9.68. The molecule has 0 saturated heterocycles. The molecule has 6 nitrogen and oxygen atoms in total. The van der Waals surface area contributed by atoms with Crippen LogP contribution in [0.5, 0.6) is 5.75 Å². The topological polar surface area (TPSA) is 48.1 Å². The lowest BCUT2D eigenvalue weighted by atomic mass is 10.1. The lowest BCUT2D eigenvalue weighted by Crippen LogP contribution is -2.26. The summed E-state index contributed by atoms with van der Waals surface area (Å²) in [5.74, 6) is 0.751. The zero-order valence-electron chi connectivity index (χ0n) is 15.6. The van der Waals surface area contributed by atoms with Crippen LogP contribution in [0.3, 0.4) is 0 Å². The van der Waals surface area contributed by atoms with Gasteiger partial charge >= 0.3 is 0 Å². The zero-order valence-corrected chi connectivity index (χ0v) is 16.4. The van der Waals surface area contributed by atoms with Gasteiger partial charge in [-0.3, -0.25) is 4.90 Å². The lowest BCUT2D eigenvalue weighted by molar-refractivity contribution is 0.180. The minimum absolute atomic E-state index is 0.379. The smallest absolute Gasteiger partial charge is 0.222 e. The predicted molar refractivity (Wildman–Crippen MR) is 107 cm³/mol. The highest BCUT2D eigenvalue weighted by molar-refractivity contribution is 7.71. The largest absolute Gasteiger partial charge is 0.492 e. The summed E-state index contributed by atoms with van der Waals surface area (Å²) in [7, 11) is 2.11. The van der Waals surface area contributed by atoms with Gasteiger partial charge in [0.05, 0.1) is 13.3 Å². The van der Waals surface area contributed by atoms with Crippen LogP contribution < -0.4 is 4.74 Å². The summed E-state index contributed by atoms with van der Waals surface area (Å²) in [4.78, 5) is 2.29. The standard InChI is InChI=1S/C20H23N5OS/c1-3-26-19-11-7-6-10-18(19)25-20(27)24(21-22-25)14-23(2)17-13-12-15-8-4-5-9-16(15)17/h4-11,17H,3,12-14H2,1-2H3. The molecule has 0 aliphatic heterocycles. The van der Waals surface area contributed by atoms with Crippen molar-refractivity contribution >= 4 is 12.2 Å². The predicted octanol–water partition coefficient (Wildman–Crippen LogP) is 3.77. The number of para-hydroxylation sites is 2. The molecule has 0 radical (unpaired) electrons. The van der Waals surface area contributed by atoms with Crippen LogP contribution in [-0.4, -0.2) is 38.3 Å². The van der Waals surface area contributed by atoms with Crippen molar-refractivity contribution in [2.45, 2.75) is 32.5 Å². The van der Waals surface area contributed by atoms with E-state index in [9.17, 15) is 0 Å². The van der Waals surface area contributed by atoms with Crippen molar-refractivity contribution in [3.05, 3.63) is 64.4 Å². The monoisotopic (exact) mass is 381 g/mol. The Bertz CT molecular complexity index is 996. The van der Waals surface area contributed by atoms with E-state index in [1.54, 1.807) is 9.36 Å². The minimum Gasteiger partial charge on any atom is -0.492 e. The number of benzene rings is 2. The zero-order chi connectivity index (χ0) is 18.8. The molecule has 1 atom stereocenters. The number of nitrogens with zero attached hydrogens (tertiary/aromatic N) is 5. The second kappa shape index (κ2) is 7.62. The third-order valence-corrected chi connectivity index (χ3v) is 5.41. The molecule has 0 N–H and O–H groups in total. The Balaban J connectivity index is 1.58. The Hall–Kier alpha value is -2.51. The van der Waals surface area contributed by atoms with E-state index in [0.29, 0.717) is 24.1 Å². The Morgan fingerprint density at radius 3 is 2.78 bits per heavy atom. The Morgan fingerprint density at radius 1 is 1.15 bits per heavy atom. The molecule has 2 aromatic carbocycles. The van der Waals surface area contributed by atoms with Gasteiger partial charge in [-0.05, 0) is 72.7 Å². The number of ether oxygens (including phenoxy) is 1. The number of aryl methyl sites for hydroxylation is 1. The number of rotatable bonds is 6. The quantitative estimate of drug-likeness (QED) is 0.608. The highest BCUT2D eigenvalue weighted by Crippen LogP contribution is 2.35. The molecule has 140 valence electrons. The van der Waals surface area contributed by atoms with Crippen LogP contribution in [-0.2, 0) is 13.1 Å². The van der Waals surface area contributed by atoms with Gasteiger partial charge in [0.25, 0.3) is 0 Å². The maximum Gasteiger partial charge on any atom is 0.222 e. The van der Waals surface area contributed by atoms with E-state index in [0.717, 1.165) is 24.3 Å². The van der Waals surface area contributed by atoms with E-state index in [4.69, 9.17) is 17.0 Å². The van der Waals surface area contributed by atoms with Crippen LogP contribution >= 0.6 is 12.2 Å². The summed E-state index contributed by atoms with van der Waals surface area (Å²) in [6, 6.07) is 16.8. The average molecular weight is 382 g/mol. The number of hydrogen-bond donors (Lipinski definition) is 0. The normalized spacial score (nSPS) is 15.9. The van der Waals surface area contributed by atoms with E-state index >= 15 is 0 Å². The molecule has 1 aliphatic carbocycles. The number of fused-ring (bicyclic) bond motifs is 1. The molecule has 4 rings (SSSR count). The summed E-state index contributed by atoms with van der Waals surface area (Å²) in [6.45, 7) is 3.14. The molecule has 3 aromatic rings. The second-order valence-corrected chi connectivity index (χ2v) is 7.09. The van der Waals surface area contributed by atoms with Gasteiger partial charge in [-0.25, -0.2) is 4.68 Å². The van der Waals surface area contributed by atoms with Crippen LogP contribution in [0.1, 0.15) is 30.5 Å². The molecular formula is C20H23N5OS. The summed E-state index contributed by atoms with van der Waals surface area (Å²) in [6.07, 6.45) is 2.23. The van der Waals surface area contributed by atoms with Gasteiger partial charge in [-0.2, -0.15) is 4.68 Å². The Kier molecular flexibility index (Phi) is 5.05. The lowest BCUT2D eigenvalue weighted by Gasteiger charge is -2.24. The molecule has 1 aromatic heterocycles. The highest BCUT2D eigenvalue weighted by atomic mass is 32.1. The molecule has 0 spiro atoms. The van der Waals surface area contributed by atoms with E-state index in [2.05, 4.69) is 46.6 Å². The van der Waals surface area contributed by atoms with Crippen molar-refractivity contribution in [1.82, 2.24) is 24.7 Å². The summed E-state index contributed by atoms with van der Waals surface area (Å²) in [5, 5.41) is 8.56. The van der Waals surface area contributed by atoms with Crippen molar-refractivity contribution < 1.29 is 4.74 Å². The highest BCUT2D eigenvalue weighted by Gasteiger charge is 2.26. The molecule has 0 saturated carbocycles. The molecule has 0 fully saturated rings. The van der Waals surface area contributed by atoms with Gasteiger partial charge in [0.15, 0.2) is 0 Å². The molecule has 1 aliphatic rings. The first-order valence-electron chi connectivity index (χ1n) is 9.22. The van der Waals surface area contributed by atoms with E-state index in [1.807, 2.05) is 31.2 Å². The number of aromatic nitrogens is 4. The van der Waals surface area contributed by atoms with Crippen LogP contribution in [0.2, 0.25) is 0 Å². The number of hydrogen-bond acceptors (Lipinski definition) is 5. The fraction of sp³-hybridized carbons (Fsp3) is 0.350. The SMILES string of the molecule is CCOc1ccccc1-n1nnn(CN(C)C2CCc3ccccc32)c1=S. The molecule has 1 unspecified atom stereocenters. The molecule has 0 amide bonds. The van der Waals surface area contributed by atoms with Crippen molar-refractivity contribution in [3.63, 3.8) is 0 Å². The number of tetrazole rings is 1. The Labute approximate surface area is 164 Å². The molecule has 1 heterocycles. The van der Waals surface area contributed by atoms with Gasteiger partial charge < -0.3 is 4.74 Å². The fourth-order valence-electron chi connectivity index (χ4n) is 3.73. The van der Waals surface area contributed by atoms with E-state index in [1.165, 1.54) is 11.1 Å². The first-order valence-corrected chi connectivity index (χ1v) is 9.63. The van der Waals surface area contributed by atoms with Gasteiger partial charge in [-0.1, -0.05) is 36.4 Å². The molecule has 7 heteroatoms. The maximum atomic E-state index is 5.70. The van der Waals surface area contributed by atoms with Gasteiger partial charge in [0.1, 0.15) is 11.4 Å². The van der Waals surface area contributed by atoms with Gasteiger partial charge in [0.2, 0.25) is 4.77 Å². The molecular weight excluding hydrogens is 358 g/mol. The fourth-order valence-corrected chi connectivity index (χ4v) is 3.96. The average Bonchev–Trinajstić information content (AvgIpc) is 3.27. The van der Waals surface area contributed by atoms with Gasteiger partial charge in [-0.15, -0.1) is 0 Å². The van der Waals surface area contributed by atoms with Crippen molar-refractivity contribution in [2.75, 3.05) is 13.7 Å². The summed E-state index contributed by atoms with van der Waals surface area (Å²) >= 11 is 5.64. The van der Waals surface area contributed by atoms with E-state index in [-0.39, 0.29) is 0 Å². The molecule has 27 heavy (non-hydrogen) atoms. The third kappa shape index (κ3) is 3.40. The first kappa shape index (κ1) is 17.9. The van der Waals surface area contributed by atoms with Crippen LogP contribution in [0, 0.1) is 4.77 Å². The maximum absolute atomic E-state index is 5.70. The second-order valence-electron chi connectivity index (χ2n) is 6.73. The molecule has 0 bridgehead atoms. The van der Waals surface area contributed by atoms with Crippen molar-refractivity contribution in [3.8, 4) is 11.4 Å². The van der Waals surface area contributed by atoms with Crippen LogP contribution in [0.15, 0.2) is 48.5 Å². The summed E-state index contributed by atoms with van der Waals surface area (Å²) in [5.41, 5.74) is 3.65. The first-order chi connectivity index (χ1) is 13.2. The Morgan fingerprint density at radius 2 is 1.93 bits per heavy atom. The van der Waals surface area contributed by atoms with Crippen molar-refractivity contribution in [1.29, 1.82) is 0 Å². The van der Waals surface area contributed by atoms with Gasteiger partial charge in [0, 0.05) is 6.04 Å². The van der Waals surface area contributed by atoms with E-state index < -0.39 is 0 Å². The van der Waals surface area contributed by atoms with Crippen molar-refractivity contribution in [2.24, 2.45) is 0 Å². The minimum atomic E-state index is 0.379. The van der Waals surface area contributed by atoms with Crippen LogP contribution in [0.25, 0.3) is 5.69 Å².